The molecule has 0 unspecified atom stereocenters. The predicted octanol–water partition coefficient (Wildman–Crippen LogP) is 0.385. The Kier molecular flexibility index (Phi) is 2.76. The quantitative estimate of drug-likeness (QED) is 0.598. The molecule has 1 saturated heterocycles. The molecule has 0 aromatic carbocycles. The van der Waals surface area contributed by atoms with Gasteiger partial charge in [0.15, 0.2) is 5.88 Å². The van der Waals surface area contributed by atoms with E-state index >= 15 is 0 Å². The highest BCUT2D eigenvalue weighted by atomic mass is 16.5. The van der Waals surface area contributed by atoms with Gasteiger partial charge in [-0.2, -0.15) is 0 Å². The van der Waals surface area contributed by atoms with Crippen molar-refractivity contribution in [1.29, 1.82) is 0 Å². The smallest absolute Gasteiger partial charge is 0.181 e. The van der Waals surface area contributed by atoms with Crippen LogP contribution in [0.3, 0.4) is 0 Å². The zero-order valence-corrected chi connectivity index (χ0v) is 7.05. The first-order valence-corrected chi connectivity index (χ1v) is 3.95. The van der Waals surface area contributed by atoms with Crippen LogP contribution in [0.1, 0.15) is 6.42 Å². The van der Waals surface area contributed by atoms with Gasteiger partial charge < -0.3 is 15.4 Å². The van der Waals surface area contributed by atoms with Crippen LogP contribution in [-0.2, 0) is 4.74 Å². The highest BCUT2D eigenvalue weighted by molar-refractivity contribution is 4.92. The summed E-state index contributed by atoms with van der Waals surface area (Å²) < 4.78 is 4.98. The van der Waals surface area contributed by atoms with Crippen molar-refractivity contribution < 1.29 is 4.74 Å². The number of nitrogens with two attached hydrogens (primary N) is 1. The van der Waals surface area contributed by atoms with E-state index in [1.807, 2.05) is 0 Å². The molecule has 0 bridgehead atoms. The maximum Gasteiger partial charge on any atom is 0.181 e. The molecule has 3 heteroatoms. The largest absolute Gasteiger partial charge is 0.483 e. The van der Waals surface area contributed by atoms with E-state index in [1.54, 1.807) is 7.11 Å². The molecule has 0 radical (unpaired) electrons. The molecule has 1 aliphatic rings. The second-order valence-corrected chi connectivity index (χ2v) is 2.95. The van der Waals surface area contributed by atoms with E-state index < -0.39 is 0 Å². The Morgan fingerprint density at radius 1 is 1.73 bits per heavy atom. The summed E-state index contributed by atoms with van der Waals surface area (Å²) in [7, 11) is 1.65. The molecular formula is C8H16N2O. The summed E-state index contributed by atoms with van der Waals surface area (Å²) in [6, 6.07) is 0. The van der Waals surface area contributed by atoms with Gasteiger partial charge in [0.2, 0.25) is 0 Å². The Hall–Kier alpha value is -0.700. The number of ether oxygens (including phenoxy) is 1. The van der Waals surface area contributed by atoms with Gasteiger partial charge in [-0.15, -0.1) is 0 Å². The third kappa shape index (κ3) is 1.87. The van der Waals surface area contributed by atoms with Crippen molar-refractivity contribution in [2.45, 2.75) is 6.42 Å². The van der Waals surface area contributed by atoms with Crippen LogP contribution >= 0.6 is 0 Å². The van der Waals surface area contributed by atoms with Crippen LogP contribution in [-0.4, -0.2) is 31.6 Å². The Labute approximate surface area is 67.8 Å². The lowest BCUT2D eigenvalue weighted by atomic mass is 9.97. The molecule has 0 spiro atoms. The van der Waals surface area contributed by atoms with Crippen LogP contribution < -0.4 is 5.73 Å². The van der Waals surface area contributed by atoms with E-state index in [2.05, 4.69) is 11.5 Å². The Morgan fingerprint density at radius 2 is 2.36 bits per heavy atom. The summed E-state index contributed by atoms with van der Waals surface area (Å²) in [6.45, 7) is 6.67. The normalized spacial score (nSPS) is 17.8. The minimum atomic E-state index is 0.756. The number of rotatable bonds is 4. The minimum absolute atomic E-state index is 0.756. The fourth-order valence-corrected chi connectivity index (χ4v) is 1.32. The first-order valence-electron chi connectivity index (χ1n) is 3.95. The van der Waals surface area contributed by atoms with Gasteiger partial charge in [-0.1, -0.05) is 0 Å². The van der Waals surface area contributed by atoms with Crippen molar-refractivity contribution in [3.63, 3.8) is 0 Å². The van der Waals surface area contributed by atoms with Crippen molar-refractivity contribution in [2.24, 2.45) is 11.7 Å². The molecule has 3 nitrogen and oxygen atoms in total. The van der Waals surface area contributed by atoms with Gasteiger partial charge in [-0.3, -0.25) is 0 Å². The van der Waals surface area contributed by atoms with E-state index in [0.717, 1.165) is 37.9 Å². The molecule has 0 atom stereocenters. The lowest BCUT2D eigenvalue weighted by Gasteiger charge is -2.40. The van der Waals surface area contributed by atoms with E-state index in [9.17, 15) is 0 Å². The summed E-state index contributed by atoms with van der Waals surface area (Å²) in [5.74, 6) is 1.53. The average Bonchev–Trinajstić information content (AvgIpc) is 1.94. The molecule has 0 aromatic heterocycles. The summed E-state index contributed by atoms with van der Waals surface area (Å²) in [6.07, 6.45) is 1.12. The molecule has 0 aliphatic carbocycles. The first-order chi connectivity index (χ1) is 5.27. The van der Waals surface area contributed by atoms with Crippen LogP contribution in [0.2, 0.25) is 0 Å². The first kappa shape index (κ1) is 8.40. The molecular weight excluding hydrogens is 140 g/mol. The Balaban J connectivity index is 2.13. The monoisotopic (exact) mass is 156 g/mol. The van der Waals surface area contributed by atoms with Crippen LogP contribution in [0.15, 0.2) is 12.5 Å². The highest BCUT2D eigenvalue weighted by Gasteiger charge is 2.26. The van der Waals surface area contributed by atoms with Gasteiger partial charge in [0.1, 0.15) is 0 Å². The van der Waals surface area contributed by atoms with E-state index in [0.29, 0.717) is 0 Å². The fourth-order valence-electron chi connectivity index (χ4n) is 1.32. The van der Waals surface area contributed by atoms with Crippen LogP contribution in [0.25, 0.3) is 0 Å². The average molecular weight is 156 g/mol. The van der Waals surface area contributed by atoms with Gasteiger partial charge in [0.05, 0.1) is 7.11 Å². The molecule has 1 fully saturated rings. The van der Waals surface area contributed by atoms with Crippen LogP contribution in [0, 0.1) is 5.92 Å². The summed E-state index contributed by atoms with van der Waals surface area (Å²) >= 11 is 0. The second kappa shape index (κ2) is 3.62. The zero-order chi connectivity index (χ0) is 8.27. The van der Waals surface area contributed by atoms with Gasteiger partial charge >= 0.3 is 0 Å². The fraction of sp³-hybridized carbons (Fsp3) is 0.750. The lowest BCUT2D eigenvalue weighted by Crippen LogP contribution is -2.46. The summed E-state index contributed by atoms with van der Waals surface area (Å²) in [4.78, 5) is 2.13. The number of nitrogens with zero attached hydrogens (tertiary/aromatic N) is 1. The minimum Gasteiger partial charge on any atom is -0.483 e. The van der Waals surface area contributed by atoms with Crippen molar-refractivity contribution >= 4 is 0 Å². The molecule has 2 N–H and O–H groups in total. The zero-order valence-electron chi connectivity index (χ0n) is 7.05. The Bertz CT molecular complexity index is 141. The summed E-state index contributed by atoms with van der Waals surface area (Å²) in [5.41, 5.74) is 5.42. The van der Waals surface area contributed by atoms with E-state index in [-0.39, 0.29) is 0 Å². The third-order valence-corrected chi connectivity index (χ3v) is 2.12. The molecule has 1 heterocycles. The standard InChI is InChI=1S/C8H16N2O/c1-7(11-2)10-5-8(6-10)3-4-9/h8H,1,3-6,9H2,2H3. The molecule has 0 aromatic rings. The maximum absolute atomic E-state index is 5.42. The van der Waals surface area contributed by atoms with Crippen LogP contribution in [0.4, 0.5) is 0 Å². The highest BCUT2D eigenvalue weighted by Crippen LogP contribution is 2.21. The predicted molar refractivity (Wildman–Crippen MR) is 44.9 cm³/mol. The number of methoxy groups -OCH3 is 1. The van der Waals surface area contributed by atoms with Crippen LogP contribution in [0.5, 0.6) is 0 Å². The molecule has 0 amide bonds. The van der Waals surface area contributed by atoms with Crippen molar-refractivity contribution in [2.75, 3.05) is 26.7 Å². The SMILES string of the molecule is C=C(OC)N1CC(CCN)C1. The topological polar surface area (TPSA) is 38.5 Å². The third-order valence-electron chi connectivity index (χ3n) is 2.12. The molecule has 11 heavy (non-hydrogen) atoms. The maximum atomic E-state index is 5.42. The molecule has 0 saturated carbocycles. The van der Waals surface area contributed by atoms with Crippen molar-refractivity contribution in [3.8, 4) is 0 Å². The van der Waals surface area contributed by atoms with Gasteiger partial charge in [-0.25, -0.2) is 0 Å². The number of hydrogen-bond acceptors (Lipinski definition) is 3. The lowest BCUT2D eigenvalue weighted by molar-refractivity contribution is 0.0570. The van der Waals surface area contributed by atoms with Crippen molar-refractivity contribution in [3.05, 3.63) is 12.5 Å². The van der Waals surface area contributed by atoms with E-state index in [1.165, 1.54) is 0 Å². The van der Waals surface area contributed by atoms with E-state index in [4.69, 9.17) is 10.5 Å². The number of hydrogen-bond donors (Lipinski definition) is 1. The molecule has 1 aliphatic heterocycles. The van der Waals surface area contributed by atoms with Gasteiger partial charge in [0, 0.05) is 13.1 Å². The molecule has 1 rings (SSSR count). The van der Waals surface area contributed by atoms with Crippen molar-refractivity contribution in [1.82, 2.24) is 4.90 Å². The van der Waals surface area contributed by atoms with Gasteiger partial charge in [-0.05, 0) is 25.5 Å². The molecule has 64 valence electrons. The second-order valence-electron chi connectivity index (χ2n) is 2.95. The number of likely N-dealkylation sites (tertiary alicyclic amines) is 1. The summed E-state index contributed by atoms with van der Waals surface area (Å²) in [5, 5.41) is 0. The Morgan fingerprint density at radius 3 is 2.82 bits per heavy atom. The van der Waals surface area contributed by atoms with Gasteiger partial charge in [0.25, 0.3) is 0 Å².